The van der Waals surface area contributed by atoms with Gasteiger partial charge in [0.25, 0.3) is 0 Å². The largest absolute Gasteiger partial charge is 0.399 e. The summed E-state index contributed by atoms with van der Waals surface area (Å²) in [5.41, 5.74) is 7.13. The summed E-state index contributed by atoms with van der Waals surface area (Å²) in [6.07, 6.45) is 3.82. The average molecular weight is 356 g/mol. The molecule has 0 aliphatic heterocycles. The zero-order valence-electron chi connectivity index (χ0n) is 16.0. The lowest BCUT2D eigenvalue weighted by molar-refractivity contribution is 0.170. The maximum Gasteiger partial charge on any atom is 0.191 e. The highest BCUT2D eigenvalue weighted by atomic mass is 14.7. The highest BCUT2D eigenvalue weighted by molar-refractivity contribution is 5.59. The summed E-state index contributed by atoms with van der Waals surface area (Å²) in [5.74, 6) is -0.0550. The lowest BCUT2D eigenvalue weighted by Gasteiger charge is -2.47. The van der Waals surface area contributed by atoms with Gasteiger partial charge in [0, 0.05) is 5.92 Å². The molecule has 0 unspecified atom stereocenters. The molecule has 27 heavy (non-hydrogen) atoms. The predicted molar refractivity (Wildman–Crippen MR) is 103 cm³/mol. The molecule has 0 bridgehead atoms. The van der Waals surface area contributed by atoms with Crippen molar-refractivity contribution in [2.24, 2.45) is 28.4 Å². The van der Waals surface area contributed by atoms with Crippen molar-refractivity contribution in [3.8, 4) is 18.2 Å². The number of hydrogen-bond donors (Lipinski definition) is 1. The van der Waals surface area contributed by atoms with Crippen LogP contribution in [0.1, 0.15) is 45.1 Å². The van der Waals surface area contributed by atoms with Crippen LogP contribution < -0.4 is 5.73 Å². The van der Waals surface area contributed by atoms with E-state index in [2.05, 4.69) is 45.1 Å². The van der Waals surface area contributed by atoms with E-state index in [0.717, 1.165) is 24.0 Å². The monoisotopic (exact) mass is 356 g/mol. The van der Waals surface area contributed by atoms with Crippen LogP contribution >= 0.6 is 0 Å². The van der Waals surface area contributed by atoms with Gasteiger partial charge in [-0.1, -0.05) is 57.2 Å². The first-order chi connectivity index (χ1) is 12.8. The molecule has 0 spiro atoms. The van der Waals surface area contributed by atoms with Crippen molar-refractivity contribution in [3.05, 3.63) is 58.8 Å². The van der Waals surface area contributed by atoms with Crippen molar-refractivity contribution in [3.63, 3.8) is 0 Å². The van der Waals surface area contributed by atoms with E-state index >= 15 is 0 Å². The lowest BCUT2D eigenvalue weighted by Crippen LogP contribution is -2.44. The van der Waals surface area contributed by atoms with Crippen LogP contribution in [0.2, 0.25) is 0 Å². The van der Waals surface area contributed by atoms with Gasteiger partial charge in [-0.2, -0.15) is 15.8 Å². The Kier molecular flexibility index (Phi) is 4.59. The number of rotatable bonds is 1. The van der Waals surface area contributed by atoms with E-state index in [1.165, 1.54) is 0 Å². The molecule has 0 saturated heterocycles. The van der Waals surface area contributed by atoms with Crippen LogP contribution in [-0.2, 0) is 0 Å². The van der Waals surface area contributed by atoms with E-state index in [9.17, 15) is 15.8 Å². The van der Waals surface area contributed by atoms with Crippen LogP contribution in [0.5, 0.6) is 0 Å². The lowest BCUT2D eigenvalue weighted by atomic mass is 9.54. The van der Waals surface area contributed by atoms with E-state index < -0.39 is 5.41 Å². The molecule has 2 N–H and O–H groups in total. The van der Waals surface area contributed by atoms with E-state index in [-0.39, 0.29) is 22.9 Å². The summed E-state index contributed by atoms with van der Waals surface area (Å²) in [4.78, 5) is 0. The molecule has 1 aromatic carbocycles. The summed E-state index contributed by atoms with van der Waals surface area (Å²) in [5, 5.41) is 29.9. The molecule has 0 radical (unpaired) electrons. The molecular weight excluding hydrogens is 332 g/mol. The van der Waals surface area contributed by atoms with Gasteiger partial charge in [0.2, 0.25) is 0 Å². The minimum atomic E-state index is -1.53. The smallest absolute Gasteiger partial charge is 0.191 e. The number of nitriles is 3. The fourth-order valence-electron chi connectivity index (χ4n) is 4.63. The molecule has 0 aromatic heterocycles. The van der Waals surface area contributed by atoms with E-state index in [4.69, 9.17) is 5.73 Å². The van der Waals surface area contributed by atoms with Crippen LogP contribution in [0, 0.1) is 56.7 Å². The number of hydrogen-bond acceptors (Lipinski definition) is 4. The van der Waals surface area contributed by atoms with Gasteiger partial charge >= 0.3 is 0 Å². The number of nitrogens with two attached hydrogens (primary N) is 1. The third-order valence-electron chi connectivity index (χ3n) is 6.26. The highest BCUT2D eigenvalue weighted by Crippen LogP contribution is 2.57. The van der Waals surface area contributed by atoms with Gasteiger partial charge < -0.3 is 5.73 Å². The van der Waals surface area contributed by atoms with Crippen molar-refractivity contribution in [2.75, 3.05) is 0 Å². The Morgan fingerprint density at radius 3 is 2.22 bits per heavy atom. The van der Waals surface area contributed by atoms with Gasteiger partial charge in [0.05, 0.1) is 23.4 Å². The Bertz CT molecular complexity index is 912. The van der Waals surface area contributed by atoms with Gasteiger partial charge in [-0.25, -0.2) is 0 Å². The molecule has 0 heterocycles. The van der Waals surface area contributed by atoms with Crippen LogP contribution in [0.4, 0.5) is 0 Å². The summed E-state index contributed by atoms with van der Waals surface area (Å²) >= 11 is 0. The first kappa shape index (κ1) is 18.8. The fourth-order valence-corrected chi connectivity index (χ4v) is 4.63. The normalized spacial score (nSPS) is 26.8. The molecule has 2 aliphatic rings. The molecule has 3 rings (SSSR count). The molecule has 136 valence electrons. The van der Waals surface area contributed by atoms with Crippen molar-refractivity contribution in [1.82, 2.24) is 0 Å². The Labute approximate surface area is 161 Å². The SMILES string of the molecule is CC(C)(C)[C@@H]1CC=C2C(C#N)=C(N)C(C#N)(C#N)[C@H](c3ccccc3)[C@H]2C1. The van der Waals surface area contributed by atoms with Crippen molar-refractivity contribution in [2.45, 2.75) is 39.5 Å². The number of benzene rings is 1. The third kappa shape index (κ3) is 2.81. The summed E-state index contributed by atoms with van der Waals surface area (Å²) in [6.45, 7) is 6.65. The molecule has 1 aromatic rings. The molecule has 0 amide bonds. The quantitative estimate of drug-likeness (QED) is 0.798. The Morgan fingerprint density at radius 1 is 1.07 bits per heavy atom. The minimum absolute atomic E-state index is 0.0772. The average Bonchev–Trinajstić information content (AvgIpc) is 2.67. The third-order valence-corrected chi connectivity index (χ3v) is 6.26. The number of fused-ring (bicyclic) bond motifs is 1. The second kappa shape index (κ2) is 6.61. The zero-order chi connectivity index (χ0) is 19.8. The maximum atomic E-state index is 10.1. The Balaban J connectivity index is 2.29. The number of nitrogens with zero attached hydrogens (tertiary/aromatic N) is 3. The van der Waals surface area contributed by atoms with Crippen molar-refractivity contribution in [1.29, 1.82) is 15.8 Å². The number of allylic oxidation sites excluding steroid dienone is 4. The highest BCUT2D eigenvalue weighted by Gasteiger charge is 2.54. The van der Waals surface area contributed by atoms with Crippen molar-refractivity contribution >= 4 is 0 Å². The maximum absolute atomic E-state index is 10.1. The summed E-state index contributed by atoms with van der Waals surface area (Å²) in [6, 6.07) is 16.2. The standard InChI is InChI=1S/C23H24N4/c1-22(2,3)16-9-10-17-18(11-16)20(15-7-5-4-6-8-15)23(13-25,14-26)21(27)19(17)12-24/h4-8,10,16,18,20H,9,11,27H2,1-3H3/t16-,18+,20-/m1/s1. The molecule has 3 atom stereocenters. The van der Waals surface area contributed by atoms with Crippen LogP contribution in [0.15, 0.2) is 53.3 Å². The van der Waals surface area contributed by atoms with E-state index in [1.54, 1.807) is 0 Å². The van der Waals surface area contributed by atoms with Gasteiger partial charge in [-0.15, -0.1) is 0 Å². The topological polar surface area (TPSA) is 97.4 Å². The fraction of sp³-hybridized carbons (Fsp3) is 0.435. The minimum Gasteiger partial charge on any atom is -0.399 e. The summed E-state index contributed by atoms with van der Waals surface area (Å²) < 4.78 is 0. The molecule has 2 aliphatic carbocycles. The second-order valence-electron chi connectivity index (χ2n) is 8.62. The summed E-state index contributed by atoms with van der Waals surface area (Å²) in [7, 11) is 0. The molecule has 0 saturated carbocycles. The van der Waals surface area contributed by atoms with Crippen LogP contribution in [0.25, 0.3) is 0 Å². The Hall–Kier alpha value is -3.03. The molecule has 4 heteroatoms. The van der Waals surface area contributed by atoms with Crippen molar-refractivity contribution < 1.29 is 0 Å². The van der Waals surface area contributed by atoms with Crippen LogP contribution in [0.3, 0.4) is 0 Å². The van der Waals surface area contributed by atoms with Gasteiger partial charge in [-0.05, 0) is 41.2 Å². The first-order valence-corrected chi connectivity index (χ1v) is 9.28. The molecular formula is C23H24N4. The first-order valence-electron chi connectivity index (χ1n) is 9.28. The van der Waals surface area contributed by atoms with E-state index in [0.29, 0.717) is 11.5 Å². The molecule has 4 nitrogen and oxygen atoms in total. The predicted octanol–water partition coefficient (Wildman–Crippen LogP) is 4.55. The van der Waals surface area contributed by atoms with E-state index in [1.807, 2.05) is 30.3 Å². The van der Waals surface area contributed by atoms with Gasteiger partial charge in [0.1, 0.15) is 6.07 Å². The second-order valence-corrected chi connectivity index (χ2v) is 8.62. The molecule has 0 fully saturated rings. The zero-order valence-corrected chi connectivity index (χ0v) is 16.0. The van der Waals surface area contributed by atoms with Gasteiger partial charge in [0.15, 0.2) is 5.41 Å². The Morgan fingerprint density at radius 2 is 1.70 bits per heavy atom. The van der Waals surface area contributed by atoms with Crippen LogP contribution in [-0.4, -0.2) is 0 Å². The van der Waals surface area contributed by atoms with Gasteiger partial charge in [-0.3, -0.25) is 0 Å².